The first-order chi connectivity index (χ1) is 8.61. The average molecular weight is 296 g/mol. The number of aliphatic hydroxyl groups is 1. The minimum Gasteiger partial charge on any atom is -0.389 e. The zero-order valence-corrected chi connectivity index (χ0v) is 11.8. The van der Waals surface area contributed by atoms with Gasteiger partial charge in [-0.1, -0.05) is 17.7 Å². The van der Waals surface area contributed by atoms with Crippen LogP contribution in [0.3, 0.4) is 0 Å². The lowest BCUT2D eigenvalue weighted by Gasteiger charge is -2.31. The van der Waals surface area contributed by atoms with E-state index in [0.29, 0.717) is 11.3 Å². The summed E-state index contributed by atoms with van der Waals surface area (Å²) in [7, 11) is 0. The van der Waals surface area contributed by atoms with E-state index in [1.807, 2.05) is 0 Å². The van der Waals surface area contributed by atoms with Gasteiger partial charge in [-0.05, 0) is 38.5 Å². The molecule has 0 spiro atoms. The minimum absolute atomic E-state index is 0.205. The highest BCUT2D eigenvalue weighted by Crippen LogP contribution is 2.32. The van der Waals surface area contributed by atoms with E-state index in [-0.39, 0.29) is 11.1 Å². The molecule has 1 atom stereocenters. The maximum Gasteiger partial charge on any atom is 0.405 e. The highest BCUT2D eigenvalue weighted by molar-refractivity contribution is 6.33. The van der Waals surface area contributed by atoms with Crippen LogP contribution in [0.25, 0.3) is 0 Å². The maximum absolute atomic E-state index is 12.6. The van der Waals surface area contributed by atoms with Gasteiger partial charge in [0.2, 0.25) is 0 Å². The molecular weight excluding hydrogens is 279 g/mol. The molecule has 0 bridgehead atoms. The number of anilines is 1. The van der Waals surface area contributed by atoms with E-state index in [1.54, 1.807) is 26.8 Å². The van der Waals surface area contributed by atoms with Crippen molar-refractivity contribution in [3.63, 3.8) is 0 Å². The van der Waals surface area contributed by atoms with Crippen LogP contribution in [0, 0.1) is 0 Å². The third-order valence-corrected chi connectivity index (χ3v) is 3.04. The van der Waals surface area contributed by atoms with Crippen molar-refractivity contribution in [1.82, 2.24) is 0 Å². The van der Waals surface area contributed by atoms with E-state index in [0.717, 1.165) is 0 Å². The van der Waals surface area contributed by atoms with Crippen LogP contribution >= 0.6 is 11.6 Å². The molecule has 0 saturated carbocycles. The van der Waals surface area contributed by atoms with Crippen molar-refractivity contribution < 1.29 is 18.3 Å². The van der Waals surface area contributed by atoms with E-state index >= 15 is 0 Å². The Morgan fingerprint density at radius 1 is 1.26 bits per heavy atom. The standard InChI is InChI=1S/C13H17ClF3NO/c1-8(2)18(7-13(15,16)17)12-5-4-10(9(3)19)6-11(12)14/h4-6,8-9,19H,7H2,1-3H3/t9-/m1/s1. The Morgan fingerprint density at radius 2 is 1.84 bits per heavy atom. The Balaban J connectivity index is 3.10. The van der Waals surface area contributed by atoms with Crippen LogP contribution in [0.1, 0.15) is 32.4 Å². The van der Waals surface area contributed by atoms with Crippen molar-refractivity contribution in [3.8, 4) is 0 Å². The second-order valence-electron chi connectivity index (χ2n) is 4.72. The molecular formula is C13H17ClF3NO. The molecule has 6 heteroatoms. The number of rotatable bonds is 4. The molecule has 0 unspecified atom stereocenters. The normalized spacial score (nSPS) is 13.7. The number of aliphatic hydroxyl groups excluding tert-OH is 1. The van der Waals surface area contributed by atoms with Gasteiger partial charge in [0, 0.05) is 6.04 Å². The van der Waals surface area contributed by atoms with E-state index in [4.69, 9.17) is 11.6 Å². The molecule has 0 fully saturated rings. The molecule has 108 valence electrons. The summed E-state index contributed by atoms with van der Waals surface area (Å²) in [6.45, 7) is 3.86. The van der Waals surface area contributed by atoms with Crippen LogP contribution in [0.15, 0.2) is 18.2 Å². The smallest absolute Gasteiger partial charge is 0.389 e. The molecule has 0 aliphatic rings. The van der Waals surface area contributed by atoms with Gasteiger partial charge in [0.05, 0.1) is 16.8 Å². The highest BCUT2D eigenvalue weighted by Gasteiger charge is 2.32. The molecule has 1 aromatic rings. The van der Waals surface area contributed by atoms with Crippen LogP contribution in [0.5, 0.6) is 0 Å². The summed E-state index contributed by atoms with van der Waals surface area (Å²) in [4.78, 5) is 1.19. The average Bonchev–Trinajstić information content (AvgIpc) is 2.24. The first-order valence-corrected chi connectivity index (χ1v) is 6.30. The van der Waals surface area contributed by atoms with Gasteiger partial charge >= 0.3 is 6.18 Å². The SMILES string of the molecule is CC(C)N(CC(F)(F)F)c1ccc([C@@H](C)O)cc1Cl. The summed E-state index contributed by atoms with van der Waals surface area (Å²) >= 11 is 6.02. The molecule has 0 radical (unpaired) electrons. The zero-order valence-electron chi connectivity index (χ0n) is 11.0. The molecule has 0 aliphatic carbocycles. The number of hydrogen-bond donors (Lipinski definition) is 1. The number of hydrogen-bond acceptors (Lipinski definition) is 2. The van der Waals surface area contributed by atoms with Crippen LogP contribution in [0.4, 0.5) is 18.9 Å². The van der Waals surface area contributed by atoms with Gasteiger partial charge in [-0.2, -0.15) is 13.2 Å². The van der Waals surface area contributed by atoms with Gasteiger partial charge in [0.15, 0.2) is 0 Å². The summed E-state index contributed by atoms with van der Waals surface area (Å²) in [6.07, 6.45) is -5.00. The van der Waals surface area contributed by atoms with Crippen molar-refractivity contribution in [3.05, 3.63) is 28.8 Å². The fraction of sp³-hybridized carbons (Fsp3) is 0.538. The van der Waals surface area contributed by atoms with Gasteiger partial charge in [0.1, 0.15) is 6.54 Å². The fourth-order valence-electron chi connectivity index (χ4n) is 1.76. The molecule has 0 heterocycles. The third kappa shape index (κ3) is 4.58. The van der Waals surface area contributed by atoms with Crippen LogP contribution in [-0.2, 0) is 0 Å². The lowest BCUT2D eigenvalue weighted by Crippen LogP contribution is -2.39. The summed E-state index contributed by atoms with van der Waals surface area (Å²) in [5, 5.41) is 9.63. The molecule has 1 aromatic carbocycles. The lowest BCUT2D eigenvalue weighted by molar-refractivity contribution is -0.120. The number of benzene rings is 1. The lowest BCUT2D eigenvalue weighted by atomic mass is 10.1. The van der Waals surface area contributed by atoms with Crippen LogP contribution in [0.2, 0.25) is 5.02 Å². The monoisotopic (exact) mass is 295 g/mol. The van der Waals surface area contributed by atoms with Crippen molar-refractivity contribution in [2.45, 2.75) is 39.1 Å². The first kappa shape index (κ1) is 16.1. The summed E-state index contributed by atoms with van der Waals surface area (Å²) in [6, 6.07) is 4.25. The Morgan fingerprint density at radius 3 is 2.21 bits per heavy atom. The van der Waals surface area contributed by atoms with E-state index in [2.05, 4.69) is 0 Å². The van der Waals surface area contributed by atoms with Crippen LogP contribution in [-0.4, -0.2) is 23.9 Å². The molecule has 0 aliphatic heterocycles. The Bertz CT molecular complexity index is 432. The molecule has 0 amide bonds. The molecule has 19 heavy (non-hydrogen) atoms. The Labute approximate surface area is 115 Å². The van der Waals surface area contributed by atoms with Gasteiger partial charge in [0.25, 0.3) is 0 Å². The second kappa shape index (κ2) is 6.01. The first-order valence-electron chi connectivity index (χ1n) is 5.92. The van der Waals surface area contributed by atoms with Crippen molar-refractivity contribution in [1.29, 1.82) is 0 Å². The maximum atomic E-state index is 12.6. The summed E-state index contributed by atoms with van der Waals surface area (Å²) in [5.41, 5.74) is 0.892. The predicted molar refractivity (Wildman–Crippen MR) is 70.6 cm³/mol. The van der Waals surface area contributed by atoms with Gasteiger partial charge < -0.3 is 10.0 Å². The number of halogens is 4. The summed E-state index contributed by atoms with van der Waals surface area (Å²) < 4.78 is 37.7. The van der Waals surface area contributed by atoms with Gasteiger partial charge in [-0.25, -0.2) is 0 Å². The molecule has 1 N–H and O–H groups in total. The predicted octanol–water partition coefficient (Wildman–Crippen LogP) is 4.17. The van der Waals surface area contributed by atoms with Gasteiger partial charge in [-0.15, -0.1) is 0 Å². The molecule has 0 saturated heterocycles. The Kier molecular flexibility index (Phi) is 5.10. The topological polar surface area (TPSA) is 23.5 Å². The van der Waals surface area contributed by atoms with Crippen molar-refractivity contribution in [2.75, 3.05) is 11.4 Å². The summed E-state index contributed by atoms with van der Waals surface area (Å²) in [5.74, 6) is 0. The highest BCUT2D eigenvalue weighted by atomic mass is 35.5. The fourth-order valence-corrected chi connectivity index (χ4v) is 2.05. The number of alkyl halides is 3. The van der Waals surface area contributed by atoms with E-state index in [9.17, 15) is 18.3 Å². The minimum atomic E-state index is -4.30. The third-order valence-electron chi connectivity index (χ3n) is 2.74. The van der Waals surface area contributed by atoms with Crippen LogP contribution < -0.4 is 4.90 Å². The second-order valence-corrected chi connectivity index (χ2v) is 5.13. The molecule has 2 nitrogen and oxygen atoms in total. The van der Waals surface area contributed by atoms with E-state index < -0.39 is 18.8 Å². The zero-order chi connectivity index (χ0) is 14.8. The molecule has 1 rings (SSSR count). The van der Waals surface area contributed by atoms with Gasteiger partial charge in [-0.3, -0.25) is 0 Å². The Hall–Kier alpha value is -0.940. The number of nitrogens with zero attached hydrogens (tertiary/aromatic N) is 1. The molecule has 0 aromatic heterocycles. The van der Waals surface area contributed by atoms with Crippen molar-refractivity contribution >= 4 is 17.3 Å². The van der Waals surface area contributed by atoms with Crippen molar-refractivity contribution in [2.24, 2.45) is 0 Å². The largest absolute Gasteiger partial charge is 0.405 e. The van der Waals surface area contributed by atoms with E-state index in [1.165, 1.54) is 17.0 Å². The quantitative estimate of drug-likeness (QED) is 0.901.